The second kappa shape index (κ2) is 3.51. The van der Waals surface area contributed by atoms with Crippen LogP contribution in [-0.2, 0) is 9.53 Å². The molecule has 2 rings (SSSR count). The van der Waals surface area contributed by atoms with Crippen molar-refractivity contribution >= 4 is 6.29 Å². The molecule has 4 heteroatoms. The lowest BCUT2D eigenvalue weighted by molar-refractivity contribution is -0.119. The summed E-state index contributed by atoms with van der Waals surface area (Å²) in [6.45, 7) is 4.18. The van der Waals surface area contributed by atoms with Crippen molar-refractivity contribution in [3.8, 4) is 0 Å². The van der Waals surface area contributed by atoms with Crippen LogP contribution >= 0.6 is 0 Å². The summed E-state index contributed by atoms with van der Waals surface area (Å²) in [6, 6.07) is 0. The molecule has 0 aromatic heterocycles. The van der Waals surface area contributed by atoms with E-state index < -0.39 is 0 Å². The third-order valence-electron chi connectivity index (χ3n) is 2.39. The fraction of sp³-hybridized carbons (Fsp3) is 0.875. The van der Waals surface area contributed by atoms with Crippen molar-refractivity contribution in [3.05, 3.63) is 0 Å². The summed E-state index contributed by atoms with van der Waals surface area (Å²) in [6.07, 6.45) is 1.55. The number of rotatable bonds is 2. The number of hydrogen-bond acceptors (Lipinski definition) is 4. The smallest absolute Gasteiger partial charge is 0.133 e. The molecular formula is C8H14N2O2. The highest BCUT2D eigenvalue weighted by molar-refractivity contribution is 5.52. The van der Waals surface area contributed by atoms with Crippen molar-refractivity contribution in [3.63, 3.8) is 0 Å². The summed E-state index contributed by atoms with van der Waals surface area (Å²) in [5.74, 6) is 0. The highest BCUT2D eigenvalue weighted by Crippen LogP contribution is 2.12. The molecule has 68 valence electrons. The van der Waals surface area contributed by atoms with Gasteiger partial charge in [0.1, 0.15) is 6.29 Å². The minimum absolute atomic E-state index is 0.289. The summed E-state index contributed by atoms with van der Waals surface area (Å²) in [4.78, 5) is 12.5. The fourth-order valence-electron chi connectivity index (χ4n) is 1.89. The van der Waals surface area contributed by atoms with E-state index in [1.54, 1.807) is 0 Å². The van der Waals surface area contributed by atoms with Crippen LogP contribution in [0.25, 0.3) is 0 Å². The number of nitrogens with one attached hydrogen (secondary N) is 1. The standard InChI is InChI=1S/C8H14N2O2/c11-2-1-10-5-7-3-9-4-8(6-10)12-7/h2,7-9H,1,3-6H2. The van der Waals surface area contributed by atoms with Crippen LogP contribution < -0.4 is 5.32 Å². The predicted octanol–water partition coefficient (Wildman–Crippen LogP) is -1.14. The molecule has 2 unspecified atom stereocenters. The highest BCUT2D eigenvalue weighted by atomic mass is 16.5. The Balaban J connectivity index is 1.91. The topological polar surface area (TPSA) is 41.6 Å². The molecule has 2 aliphatic rings. The lowest BCUT2D eigenvalue weighted by atomic mass is 10.1. The zero-order valence-electron chi connectivity index (χ0n) is 7.03. The summed E-state index contributed by atoms with van der Waals surface area (Å²) < 4.78 is 5.68. The Morgan fingerprint density at radius 2 is 2.08 bits per heavy atom. The minimum Gasteiger partial charge on any atom is -0.370 e. The molecule has 0 amide bonds. The van der Waals surface area contributed by atoms with Gasteiger partial charge >= 0.3 is 0 Å². The zero-order valence-corrected chi connectivity index (χ0v) is 7.03. The van der Waals surface area contributed by atoms with Crippen molar-refractivity contribution in [1.29, 1.82) is 0 Å². The molecule has 12 heavy (non-hydrogen) atoms. The van der Waals surface area contributed by atoms with E-state index in [1.807, 2.05) is 0 Å². The van der Waals surface area contributed by atoms with Crippen molar-refractivity contribution < 1.29 is 9.53 Å². The van der Waals surface area contributed by atoms with Crippen molar-refractivity contribution in [2.45, 2.75) is 12.2 Å². The van der Waals surface area contributed by atoms with Crippen LogP contribution in [0.15, 0.2) is 0 Å². The third-order valence-corrected chi connectivity index (χ3v) is 2.39. The van der Waals surface area contributed by atoms with E-state index in [4.69, 9.17) is 4.74 Å². The normalized spacial score (nSPS) is 36.3. The van der Waals surface area contributed by atoms with Crippen LogP contribution in [0.1, 0.15) is 0 Å². The molecule has 0 saturated carbocycles. The summed E-state index contributed by atoms with van der Waals surface area (Å²) in [5, 5.41) is 3.31. The van der Waals surface area contributed by atoms with Crippen molar-refractivity contribution in [1.82, 2.24) is 10.2 Å². The maximum absolute atomic E-state index is 10.3. The second-order valence-electron chi connectivity index (χ2n) is 3.42. The Morgan fingerprint density at radius 3 is 2.67 bits per heavy atom. The third kappa shape index (κ3) is 1.65. The first kappa shape index (κ1) is 8.16. The highest BCUT2D eigenvalue weighted by Gasteiger charge is 2.30. The van der Waals surface area contributed by atoms with Crippen molar-refractivity contribution in [2.75, 3.05) is 32.7 Å². The minimum atomic E-state index is 0.289. The molecule has 1 N–H and O–H groups in total. The van der Waals surface area contributed by atoms with Gasteiger partial charge in [-0.05, 0) is 0 Å². The van der Waals surface area contributed by atoms with Gasteiger partial charge in [-0.2, -0.15) is 0 Å². The van der Waals surface area contributed by atoms with E-state index in [0.717, 1.165) is 32.5 Å². The molecule has 0 radical (unpaired) electrons. The van der Waals surface area contributed by atoms with Gasteiger partial charge in [0, 0.05) is 26.2 Å². The second-order valence-corrected chi connectivity index (χ2v) is 3.42. The van der Waals surface area contributed by atoms with E-state index in [0.29, 0.717) is 6.54 Å². The maximum atomic E-state index is 10.3. The monoisotopic (exact) mass is 170 g/mol. The van der Waals surface area contributed by atoms with Crippen molar-refractivity contribution in [2.24, 2.45) is 0 Å². The molecular weight excluding hydrogens is 156 g/mol. The van der Waals surface area contributed by atoms with Crippen LogP contribution in [0, 0.1) is 0 Å². The molecule has 2 heterocycles. The van der Waals surface area contributed by atoms with E-state index in [2.05, 4.69) is 10.2 Å². The van der Waals surface area contributed by atoms with Gasteiger partial charge in [-0.1, -0.05) is 0 Å². The summed E-state index contributed by atoms with van der Waals surface area (Å²) >= 11 is 0. The van der Waals surface area contributed by atoms with Gasteiger partial charge in [-0.15, -0.1) is 0 Å². The quantitative estimate of drug-likeness (QED) is 0.532. The Morgan fingerprint density at radius 1 is 1.42 bits per heavy atom. The lowest BCUT2D eigenvalue weighted by Gasteiger charge is -2.41. The fourth-order valence-corrected chi connectivity index (χ4v) is 1.89. The van der Waals surface area contributed by atoms with E-state index in [-0.39, 0.29) is 12.2 Å². The first-order chi connectivity index (χ1) is 5.88. The summed E-state index contributed by atoms with van der Waals surface area (Å²) in [5.41, 5.74) is 0. The number of carbonyl (C=O) groups is 1. The average Bonchev–Trinajstić information content (AvgIpc) is 2.04. The molecule has 4 nitrogen and oxygen atoms in total. The number of hydrogen-bond donors (Lipinski definition) is 1. The Kier molecular flexibility index (Phi) is 2.39. The Bertz CT molecular complexity index is 162. The maximum Gasteiger partial charge on any atom is 0.133 e. The van der Waals surface area contributed by atoms with Gasteiger partial charge in [0.25, 0.3) is 0 Å². The van der Waals surface area contributed by atoms with E-state index >= 15 is 0 Å². The number of ether oxygens (including phenoxy) is 1. The molecule has 2 saturated heterocycles. The van der Waals surface area contributed by atoms with Crippen LogP contribution in [-0.4, -0.2) is 56.1 Å². The number of fused-ring (bicyclic) bond motifs is 2. The average molecular weight is 170 g/mol. The molecule has 2 bridgehead atoms. The molecule has 2 atom stereocenters. The number of morpholine rings is 2. The Hall–Kier alpha value is -0.450. The van der Waals surface area contributed by atoms with Crippen LogP contribution in [0.2, 0.25) is 0 Å². The zero-order chi connectivity index (χ0) is 8.39. The molecule has 0 aromatic carbocycles. The molecule has 0 aromatic rings. The van der Waals surface area contributed by atoms with E-state index in [9.17, 15) is 4.79 Å². The molecule has 2 aliphatic heterocycles. The Labute approximate surface area is 71.9 Å². The number of carbonyl (C=O) groups excluding carboxylic acids is 1. The van der Waals surface area contributed by atoms with Crippen LogP contribution in [0.4, 0.5) is 0 Å². The van der Waals surface area contributed by atoms with Gasteiger partial charge in [-0.25, -0.2) is 0 Å². The molecule has 0 aliphatic carbocycles. The number of aldehydes is 1. The van der Waals surface area contributed by atoms with Gasteiger partial charge in [-0.3, -0.25) is 4.90 Å². The lowest BCUT2D eigenvalue weighted by Crippen LogP contribution is -2.58. The van der Waals surface area contributed by atoms with E-state index in [1.165, 1.54) is 0 Å². The summed E-state index contributed by atoms with van der Waals surface area (Å²) in [7, 11) is 0. The van der Waals surface area contributed by atoms with Crippen LogP contribution in [0.3, 0.4) is 0 Å². The number of nitrogens with zero attached hydrogens (tertiary/aromatic N) is 1. The van der Waals surface area contributed by atoms with Gasteiger partial charge in [0.15, 0.2) is 0 Å². The first-order valence-corrected chi connectivity index (χ1v) is 4.40. The van der Waals surface area contributed by atoms with Gasteiger partial charge in [0.05, 0.1) is 18.8 Å². The first-order valence-electron chi connectivity index (χ1n) is 4.40. The van der Waals surface area contributed by atoms with Crippen LogP contribution in [0.5, 0.6) is 0 Å². The molecule has 2 fully saturated rings. The predicted molar refractivity (Wildman–Crippen MR) is 44.0 cm³/mol. The molecule has 0 spiro atoms. The SMILES string of the molecule is O=CCN1CC2CNCC(C1)O2. The van der Waals surface area contributed by atoms with Gasteiger partial charge in [0.2, 0.25) is 0 Å². The largest absolute Gasteiger partial charge is 0.370 e. The van der Waals surface area contributed by atoms with Gasteiger partial charge < -0.3 is 14.8 Å².